The zero-order chi connectivity index (χ0) is 10.7. The summed E-state index contributed by atoms with van der Waals surface area (Å²) in [7, 11) is 2.95. The number of nitrogens with two attached hydrogens (primary N) is 2. The number of ether oxygens (including phenoxy) is 2. The minimum atomic E-state index is -0.184. The molecule has 0 aliphatic heterocycles. The molecule has 0 heterocycles. The molecular weight excluding hydrogens is 184 g/mol. The first-order valence-electron chi connectivity index (χ1n) is 4.05. The zero-order valence-corrected chi connectivity index (χ0v) is 8.20. The highest BCUT2D eigenvalue weighted by Crippen LogP contribution is 2.40. The van der Waals surface area contributed by atoms with E-state index < -0.39 is 0 Å². The molecule has 5 nitrogen and oxygen atoms in total. The topological polar surface area (TPSA) is 90.7 Å². The molecule has 0 aromatic heterocycles. The normalized spacial score (nSPS) is 9.93. The van der Waals surface area contributed by atoms with Crippen molar-refractivity contribution in [1.82, 2.24) is 0 Å². The zero-order valence-electron chi connectivity index (χ0n) is 8.20. The summed E-state index contributed by atoms with van der Waals surface area (Å²) in [6.07, 6.45) is 0. The molecule has 0 saturated heterocycles. The highest BCUT2D eigenvalue weighted by Gasteiger charge is 2.15. The highest BCUT2D eigenvalue weighted by molar-refractivity contribution is 5.74. The lowest BCUT2D eigenvalue weighted by atomic mass is 10.1. The smallest absolute Gasteiger partial charge is 0.186 e. The van der Waals surface area contributed by atoms with Crippen molar-refractivity contribution in [2.45, 2.75) is 6.61 Å². The van der Waals surface area contributed by atoms with Gasteiger partial charge in [-0.1, -0.05) is 0 Å². The Kier molecular flexibility index (Phi) is 3.03. The van der Waals surface area contributed by atoms with E-state index in [0.717, 1.165) is 0 Å². The average Bonchev–Trinajstić information content (AvgIpc) is 2.20. The van der Waals surface area contributed by atoms with Crippen LogP contribution in [-0.2, 0) is 6.61 Å². The summed E-state index contributed by atoms with van der Waals surface area (Å²) in [5.41, 5.74) is 12.7. The van der Waals surface area contributed by atoms with Crippen LogP contribution in [0.4, 0.5) is 11.4 Å². The number of benzene rings is 1. The van der Waals surface area contributed by atoms with Gasteiger partial charge in [0.2, 0.25) is 0 Å². The van der Waals surface area contributed by atoms with Crippen molar-refractivity contribution < 1.29 is 14.6 Å². The summed E-state index contributed by atoms with van der Waals surface area (Å²) < 4.78 is 10.1. The summed E-state index contributed by atoms with van der Waals surface area (Å²) in [5, 5.41) is 8.99. The Bertz CT molecular complexity index is 339. The molecule has 5 N–H and O–H groups in total. The number of aliphatic hydroxyl groups excluding tert-OH is 1. The average molecular weight is 198 g/mol. The van der Waals surface area contributed by atoms with Crippen molar-refractivity contribution in [3.05, 3.63) is 11.6 Å². The largest absolute Gasteiger partial charge is 0.491 e. The second kappa shape index (κ2) is 4.06. The molecule has 1 rings (SSSR count). The maximum absolute atomic E-state index is 8.99. The lowest BCUT2D eigenvalue weighted by Gasteiger charge is -2.14. The van der Waals surface area contributed by atoms with Gasteiger partial charge in [-0.2, -0.15) is 0 Å². The molecule has 5 heteroatoms. The number of aliphatic hydroxyl groups is 1. The van der Waals surface area contributed by atoms with Gasteiger partial charge in [0.25, 0.3) is 0 Å². The van der Waals surface area contributed by atoms with Crippen molar-refractivity contribution in [2.24, 2.45) is 0 Å². The Morgan fingerprint density at radius 3 is 2.21 bits per heavy atom. The molecule has 0 amide bonds. The predicted octanol–water partition coefficient (Wildman–Crippen LogP) is 0.360. The fourth-order valence-electron chi connectivity index (χ4n) is 1.27. The van der Waals surface area contributed by atoms with Gasteiger partial charge >= 0.3 is 0 Å². The minimum absolute atomic E-state index is 0.184. The molecule has 1 aromatic rings. The lowest BCUT2D eigenvalue weighted by Crippen LogP contribution is -2.03. The number of nitrogen functional groups attached to an aromatic ring is 2. The first-order valence-corrected chi connectivity index (χ1v) is 4.05. The molecule has 1 aromatic carbocycles. The monoisotopic (exact) mass is 198 g/mol. The second-order valence-electron chi connectivity index (χ2n) is 2.76. The van der Waals surface area contributed by atoms with Crippen LogP contribution < -0.4 is 20.9 Å². The summed E-state index contributed by atoms with van der Waals surface area (Å²) in [6.45, 7) is -0.184. The van der Waals surface area contributed by atoms with E-state index in [1.54, 1.807) is 6.07 Å². The number of methoxy groups -OCH3 is 2. The van der Waals surface area contributed by atoms with Crippen LogP contribution in [0.1, 0.15) is 5.56 Å². The van der Waals surface area contributed by atoms with Crippen LogP contribution in [0, 0.1) is 0 Å². The van der Waals surface area contributed by atoms with Crippen molar-refractivity contribution in [2.75, 3.05) is 25.7 Å². The van der Waals surface area contributed by atoms with Gasteiger partial charge in [0, 0.05) is 5.56 Å². The minimum Gasteiger partial charge on any atom is -0.491 e. The third kappa shape index (κ3) is 1.54. The molecule has 0 saturated carbocycles. The Balaban J connectivity index is 3.40. The summed E-state index contributed by atoms with van der Waals surface area (Å²) in [5.74, 6) is 0.749. The predicted molar refractivity (Wildman–Crippen MR) is 54.3 cm³/mol. The Morgan fingerprint density at radius 2 is 1.79 bits per heavy atom. The van der Waals surface area contributed by atoms with Gasteiger partial charge in [0.05, 0.1) is 32.2 Å². The number of anilines is 2. The number of hydrogen-bond donors (Lipinski definition) is 3. The first-order chi connectivity index (χ1) is 6.65. The van der Waals surface area contributed by atoms with Crippen molar-refractivity contribution in [3.8, 4) is 11.5 Å². The molecule has 0 spiro atoms. The van der Waals surface area contributed by atoms with E-state index in [1.165, 1.54) is 14.2 Å². The number of hydrogen-bond acceptors (Lipinski definition) is 5. The molecule has 78 valence electrons. The van der Waals surface area contributed by atoms with Crippen LogP contribution in [0.5, 0.6) is 11.5 Å². The van der Waals surface area contributed by atoms with Gasteiger partial charge in [-0.3, -0.25) is 0 Å². The van der Waals surface area contributed by atoms with Gasteiger partial charge in [-0.15, -0.1) is 0 Å². The van der Waals surface area contributed by atoms with Crippen LogP contribution in [0.3, 0.4) is 0 Å². The van der Waals surface area contributed by atoms with Crippen LogP contribution in [0.15, 0.2) is 6.07 Å². The third-order valence-corrected chi connectivity index (χ3v) is 1.97. The standard InChI is InChI=1S/C9H14N2O3/c1-13-8-6(10)3-5(4-12)7(11)9(8)14-2/h3,12H,4,10-11H2,1-2H3. The second-order valence-corrected chi connectivity index (χ2v) is 2.76. The molecule has 14 heavy (non-hydrogen) atoms. The highest BCUT2D eigenvalue weighted by atomic mass is 16.5. The number of rotatable bonds is 3. The van der Waals surface area contributed by atoms with Gasteiger partial charge in [0.15, 0.2) is 11.5 Å². The van der Waals surface area contributed by atoms with Gasteiger partial charge < -0.3 is 26.0 Å². The van der Waals surface area contributed by atoms with Crippen molar-refractivity contribution >= 4 is 11.4 Å². The van der Waals surface area contributed by atoms with E-state index in [0.29, 0.717) is 28.4 Å². The lowest BCUT2D eigenvalue weighted by molar-refractivity contribution is 0.281. The summed E-state index contributed by atoms with van der Waals surface area (Å²) >= 11 is 0. The molecule has 0 aliphatic rings. The molecule has 0 bridgehead atoms. The molecule has 0 unspecified atom stereocenters. The Labute approximate surface area is 82.2 Å². The SMILES string of the molecule is COc1c(N)cc(CO)c(N)c1OC. The molecular formula is C9H14N2O3. The van der Waals surface area contributed by atoms with E-state index in [9.17, 15) is 0 Å². The van der Waals surface area contributed by atoms with E-state index in [-0.39, 0.29) is 6.61 Å². The quantitative estimate of drug-likeness (QED) is 0.610. The van der Waals surface area contributed by atoms with Crippen LogP contribution in [-0.4, -0.2) is 19.3 Å². The fraction of sp³-hybridized carbons (Fsp3) is 0.333. The summed E-state index contributed by atoms with van der Waals surface area (Å²) in [4.78, 5) is 0. The molecule has 0 fully saturated rings. The van der Waals surface area contributed by atoms with Crippen LogP contribution >= 0.6 is 0 Å². The van der Waals surface area contributed by atoms with Crippen molar-refractivity contribution in [3.63, 3.8) is 0 Å². The maximum Gasteiger partial charge on any atom is 0.186 e. The fourth-order valence-corrected chi connectivity index (χ4v) is 1.27. The van der Waals surface area contributed by atoms with Gasteiger partial charge in [-0.05, 0) is 6.07 Å². The van der Waals surface area contributed by atoms with Crippen LogP contribution in [0.2, 0.25) is 0 Å². The molecule has 0 atom stereocenters. The maximum atomic E-state index is 8.99. The van der Waals surface area contributed by atoms with Crippen LogP contribution in [0.25, 0.3) is 0 Å². The van der Waals surface area contributed by atoms with Crippen molar-refractivity contribution in [1.29, 1.82) is 0 Å². The first kappa shape index (κ1) is 10.5. The van der Waals surface area contributed by atoms with E-state index in [4.69, 9.17) is 26.0 Å². The van der Waals surface area contributed by atoms with E-state index >= 15 is 0 Å². The Hall–Kier alpha value is -1.62. The van der Waals surface area contributed by atoms with Gasteiger partial charge in [-0.25, -0.2) is 0 Å². The Morgan fingerprint density at radius 1 is 1.21 bits per heavy atom. The van der Waals surface area contributed by atoms with E-state index in [2.05, 4.69) is 0 Å². The summed E-state index contributed by atoms with van der Waals surface area (Å²) in [6, 6.07) is 1.57. The molecule has 0 aliphatic carbocycles. The molecule has 0 radical (unpaired) electrons. The van der Waals surface area contributed by atoms with E-state index in [1.807, 2.05) is 0 Å². The third-order valence-electron chi connectivity index (χ3n) is 1.97. The van der Waals surface area contributed by atoms with Gasteiger partial charge in [0.1, 0.15) is 0 Å².